The molecule has 0 amide bonds. The van der Waals surface area contributed by atoms with Gasteiger partial charge in [-0.25, -0.2) is 0 Å². The van der Waals surface area contributed by atoms with Crippen LogP contribution in [-0.4, -0.2) is 4.98 Å². The van der Waals surface area contributed by atoms with Gasteiger partial charge < -0.3 is 5.73 Å². The van der Waals surface area contributed by atoms with E-state index in [1.165, 1.54) is 15.8 Å². The quantitative estimate of drug-likeness (QED) is 0.764. The summed E-state index contributed by atoms with van der Waals surface area (Å²) in [6.07, 6.45) is 1.89. The average Bonchev–Trinajstić information content (AvgIpc) is 2.83. The maximum atomic E-state index is 6.38. The number of aryl methyl sites for hydroxylation is 2. The molecular formula is C16H16N2S. The van der Waals surface area contributed by atoms with Crippen molar-refractivity contribution in [2.45, 2.75) is 19.9 Å². The van der Waals surface area contributed by atoms with E-state index in [-0.39, 0.29) is 6.04 Å². The van der Waals surface area contributed by atoms with Crippen LogP contribution in [0.25, 0.3) is 10.2 Å². The van der Waals surface area contributed by atoms with Crippen molar-refractivity contribution in [3.8, 4) is 0 Å². The minimum atomic E-state index is -0.113. The molecule has 0 saturated heterocycles. The Morgan fingerprint density at radius 1 is 1.05 bits per heavy atom. The number of nitrogens with two attached hydrogens (primary N) is 1. The van der Waals surface area contributed by atoms with Crippen LogP contribution in [0.5, 0.6) is 0 Å². The van der Waals surface area contributed by atoms with E-state index >= 15 is 0 Å². The zero-order valence-electron chi connectivity index (χ0n) is 11.1. The summed E-state index contributed by atoms with van der Waals surface area (Å²) < 4.78 is 1.19. The van der Waals surface area contributed by atoms with Crippen LogP contribution in [0.1, 0.15) is 28.3 Å². The number of hydrogen-bond donors (Lipinski definition) is 1. The first-order valence-corrected chi connectivity index (χ1v) is 7.18. The number of pyridine rings is 1. The van der Waals surface area contributed by atoms with Gasteiger partial charge in [0.05, 0.1) is 16.3 Å². The maximum Gasteiger partial charge on any atom is 0.0809 e. The van der Waals surface area contributed by atoms with E-state index in [4.69, 9.17) is 5.73 Å². The lowest BCUT2D eigenvalue weighted by Crippen LogP contribution is -2.12. The van der Waals surface area contributed by atoms with Crippen molar-refractivity contribution in [2.24, 2.45) is 5.73 Å². The molecule has 19 heavy (non-hydrogen) atoms. The molecule has 96 valence electrons. The number of fused-ring (bicyclic) bond motifs is 1. The first-order chi connectivity index (χ1) is 9.13. The van der Waals surface area contributed by atoms with Crippen LogP contribution in [-0.2, 0) is 0 Å². The summed E-state index contributed by atoms with van der Waals surface area (Å²) in [5.41, 5.74) is 12.1. The molecule has 0 saturated carbocycles. The molecule has 0 spiro atoms. The van der Waals surface area contributed by atoms with Crippen LogP contribution in [0.4, 0.5) is 0 Å². The van der Waals surface area contributed by atoms with Crippen LogP contribution >= 0.6 is 11.3 Å². The third-order valence-electron chi connectivity index (χ3n) is 3.29. The lowest BCUT2D eigenvalue weighted by atomic mass is 9.97. The van der Waals surface area contributed by atoms with Crippen molar-refractivity contribution in [2.75, 3.05) is 0 Å². The monoisotopic (exact) mass is 268 g/mol. The summed E-state index contributed by atoms with van der Waals surface area (Å²) in [6.45, 7) is 4.20. The highest BCUT2D eigenvalue weighted by Gasteiger charge is 2.11. The molecule has 0 bridgehead atoms. The van der Waals surface area contributed by atoms with Crippen LogP contribution < -0.4 is 5.73 Å². The molecule has 0 radical (unpaired) electrons. The standard InChI is InChI=1S/C16H16N2S/c1-10-5-11(2)7-12(6-10)16(17)13-8-15-14(18-9-13)3-4-19-15/h3-9,16H,17H2,1-2H3. The van der Waals surface area contributed by atoms with Crippen molar-refractivity contribution in [3.05, 3.63) is 64.2 Å². The minimum absolute atomic E-state index is 0.113. The van der Waals surface area contributed by atoms with Gasteiger partial charge in [-0.1, -0.05) is 29.3 Å². The van der Waals surface area contributed by atoms with Crippen LogP contribution in [0.2, 0.25) is 0 Å². The fourth-order valence-electron chi connectivity index (χ4n) is 2.41. The maximum absolute atomic E-state index is 6.38. The lowest BCUT2D eigenvalue weighted by molar-refractivity contribution is 0.864. The second-order valence-corrected chi connectivity index (χ2v) is 5.92. The summed E-state index contributed by atoms with van der Waals surface area (Å²) in [5, 5.41) is 2.06. The highest BCUT2D eigenvalue weighted by Crippen LogP contribution is 2.26. The summed E-state index contributed by atoms with van der Waals surface area (Å²) in [4.78, 5) is 4.46. The summed E-state index contributed by atoms with van der Waals surface area (Å²) >= 11 is 1.70. The van der Waals surface area contributed by atoms with Gasteiger partial charge in [-0.2, -0.15) is 0 Å². The number of thiophene rings is 1. The van der Waals surface area contributed by atoms with E-state index in [9.17, 15) is 0 Å². The minimum Gasteiger partial charge on any atom is -0.320 e. The third-order valence-corrected chi connectivity index (χ3v) is 4.14. The first-order valence-electron chi connectivity index (χ1n) is 6.30. The molecule has 0 aliphatic carbocycles. The summed E-state index contributed by atoms with van der Waals surface area (Å²) in [5.74, 6) is 0. The van der Waals surface area contributed by atoms with Gasteiger partial charge in [-0.05, 0) is 42.5 Å². The Morgan fingerprint density at radius 3 is 2.53 bits per heavy atom. The number of rotatable bonds is 2. The smallest absolute Gasteiger partial charge is 0.0809 e. The topological polar surface area (TPSA) is 38.9 Å². The van der Waals surface area contributed by atoms with Crippen LogP contribution in [0, 0.1) is 13.8 Å². The van der Waals surface area contributed by atoms with Gasteiger partial charge in [0.2, 0.25) is 0 Å². The molecule has 2 heterocycles. The Labute approximate surface area is 116 Å². The molecule has 2 nitrogen and oxygen atoms in total. The van der Waals surface area contributed by atoms with E-state index in [0.29, 0.717) is 0 Å². The van der Waals surface area contributed by atoms with Gasteiger partial charge in [0.15, 0.2) is 0 Å². The fourth-order valence-corrected chi connectivity index (χ4v) is 3.20. The van der Waals surface area contributed by atoms with E-state index in [1.807, 2.05) is 12.3 Å². The van der Waals surface area contributed by atoms with Gasteiger partial charge in [-0.3, -0.25) is 4.98 Å². The van der Waals surface area contributed by atoms with E-state index < -0.39 is 0 Å². The SMILES string of the molecule is Cc1cc(C)cc(C(N)c2cnc3ccsc3c2)c1. The van der Waals surface area contributed by atoms with Crippen molar-refractivity contribution in [3.63, 3.8) is 0 Å². The van der Waals surface area contributed by atoms with Crippen molar-refractivity contribution in [1.29, 1.82) is 0 Å². The van der Waals surface area contributed by atoms with E-state index in [0.717, 1.165) is 16.6 Å². The Kier molecular flexibility index (Phi) is 3.09. The first kappa shape index (κ1) is 12.3. The van der Waals surface area contributed by atoms with Crippen LogP contribution in [0.3, 0.4) is 0 Å². The average molecular weight is 268 g/mol. The Morgan fingerprint density at radius 2 is 1.79 bits per heavy atom. The lowest BCUT2D eigenvalue weighted by Gasteiger charge is -2.14. The molecule has 0 aliphatic heterocycles. The van der Waals surface area contributed by atoms with E-state index in [2.05, 4.69) is 48.5 Å². The normalized spacial score (nSPS) is 12.8. The molecule has 2 aromatic heterocycles. The molecule has 0 fully saturated rings. The Hall–Kier alpha value is -1.71. The number of aromatic nitrogens is 1. The molecule has 1 unspecified atom stereocenters. The van der Waals surface area contributed by atoms with Gasteiger partial charge in [0, 0.05) is 6.20 Å². The van der Waals surface area contributed by atoms with Gasteiger partial charge in [0.1, 0.15) is 0 Å². The zero-order chi connectivity index (χ0) is 13.4. The van der Waals surface area contributed by atoms with Gasteiger partial charge >= 0.3 is 0 Å². The number of benzene rings is 1. The van der Waals surface area contributed by atoms with E-state index in [1.54, 1.807) is 11.3 Å². The highest BCUT2D eigenvalue weighted by molar-refractivity contribution is 7.17. The zero-order valence-corrected chi connectivity index (χ0v) is 11.9. The van der Waals surface area contributed by atoms with Crippen LogP contribution in [0.15, 0.2) is 41.9 Å². The largest absolute Gasteiger partial charge is 0.320 e. The summed E-state index contributed by atoms with van der Waals surface area (Å²) in [7, 11) is 0. The molecule has 3 aromatic rings. The second-order valence-electron chi connectivity index (χ2n) is 4.97. The number of hydrogen-bond acceptors (Lipinski definition) is 3. The molecule has 3 rings (SSSR count). The van der Waals surface area contributed by atoms with Crippen molar-refractivity contribution >= 4 is 21.6 Å². The van der Waals surface area contributed by atoms with Crippen molar-refractivity contribution in [1.82, 2.24) is 4.98 Å². The Balaban J connectivity index is 2.04. The second kappa shape index (κ2) is 4.76. The molecule has 0 aliphatic rings. The predicted molar refractivity (Wildman–Crippen MR) is 81.6 cm³/mol. The van der Waals surface area contributed by atoms with Crippen molar-refractivity contribution < 1.29 is 0 Å². The number of nitrogens with zero attached hydrogens (tertiary/aromatic N) is 1. The van der Waals surface area contributed by atoms with Gasteiger partial charge in [-0.15, -0.1) is 11.3 Å². The molecular weight excluding hydrogens is 252 g/mol. The summed E-state index contributed by atoms with van der Waals surface area (Å²) in [6, 6.07) is 10.5. The van der Waals surface area contributed by atoms with Gasteiger partial charge in [0.25, 0.3) is 0 Å². The Bertz CT molecular complexity index is 710. The molecule has 3 heteroatoms. The predicted octanol–water partition coefficient (Wildman–Crippen LogP) is 3.96. The fraction of sp³-hybridized carbons (Fsp3) is 0.188. The molecule has 2 N–H and O–H groups in total. The molecule has 1 aromatic carbocycles. The highest BCUT2D eigenvalue weighted by atomic mass is 32.1. The molecule has 1 atom stereocenters. The third kappa shape index (κ3) is 2.39.